The number of aromatic amines is 1. The summed E-state index contributed by atoms with van der Waals surface area (Å²) in [7, 11) is 3.12. The lowest BCUT2D eigenvalue weighted by Gasteiger charge is -2.10. The molecule has 1 heterocycles. The lowest BCUT2D eigenvalue weighted by molar-refractivity contribution is -0.118. The summed E-state index contributed by atoms with van der Waals surface area (Å²) in [5, 5.41) is 5.79. The molecule has 0 aliphatic heterocycles. The first-order chi connectivity index (χ1) is 17.4. The van der Waals surface area contributed by atoms with Gasteiger partial charge in [0.25, 0.3) is 5.91 Å². The van der Waals surface area contributed by atoms with Crippen LogP contribution >= 0.6 is 0 Å². The van der Waals surface area contributed by atoms with E-state index in [1.807, 2.05) is 44.2 Å². The number of nitrogens with one attached hydrogen (secondary N) is 3. The Morgan fingerprint density at radius 3 is 2.28 bits per heavy atom. The van der Waals surface area contributed by atoms with Gasteiger partial charge in [0.15, 0.2) is 11.5 Å². The van der Waals surface area contributed by atoms with Gasteiger partial charge >= 0.3 is 0 Å². The van der Waals surface area contributed by atoms with Gasteiger partial charge in [-0.15, -0.1) is 0 Å². The largest absolute Gasteiger partial charge is 0.493 e. The van der Waals surface area contributed by atoms with Gasteiger partial charge in [-0.3, -0.25) is 9.59 Å². The van der Waals surface area contributed by atoms with E-state index in [1.54, 1.807) is 44.6 Å². The highest BCUT2D eigenvalue weighted by atomic mass is 16.5. The van der Waals surface area contributed by atoms with Crippen molar-refractivity contribution in [3.05, 3.63) is 77.6 Å². The second-order valence-electron chi connectivity index (χ2n) is 8.78. The van der Waals surface area contributed by atoms with Crippen LogP contribution in [0, 0.1) is 5.92 Å². The van der Waals surface area contributed by atoms with Gasteiger partial charge in [-0.1, -0.05) is 26.0 Å². The number of H-pyrrole nitrogens is 1. The van der Waals surface area contributed by atoms with Gasteiger partial charge in [-0.2, -0.15) is 0 Å². The summed E-state index contributed by atoms with van der Waals surface area (Å²) in [6.45, 7) is 3.73. The number of hydrogen-bond donors (Lipinski definition) is 3. The van der Waals surface area contributed by atoms with E-state index in [9.17, 15) is 9.59 Å². The fourth-order valence-electron chi connectivity index (χ4n) is 3.74. The molecule has 3 N–H and O–H groups in total. The Bertz CT molecular complexity index is 1380. The Kier molecular flexibility index (Phi) is 7.53. The molecule has 0 saturated carbocycles. The number of carbonyl (C=O) groups excluding carboxylic acids is 2. The molecule has 0 saturated heterocycles. The number of fused-ring (bicyclic) bond motifs is 1. The minimum Gasteiger partial charge on any atom is -0.493 e. The third kappa shape index (κ3) is 5.83. The molecule has 36 heavy (non-hydrogen) atoms. The number of methoxy groups -OCH3 is 2. The summed E-state index contributed by atoms with van der Waals surface area (Å²) < 4.78 is 10.5. The van der Waals surface area contributed by atoms with E-state index in [2.05, 4.69) is 20.6 Å². The van der Waals surface area contributed by atoms with Crippen molar-refractivity contribution in [2.75, 3.05) is 24.9 Å². The quantitative estimate of drug-likeness (QED) is 0.301. The number of carbonyl (C=O) groups is 2. The second-order valence-corrected chi connectivity index (χ2v) is 8.78. The Labute approximate surface area is 210 Å². The first kappa shape index (κ1) is 24.8. The topological polar surface area (TPSA) is 105 Å². The molecular weight excluding hydrogens is 456 g/mol. The maximum Gasteiger partial charge on any atom is 0.255 e. The molecule has 0 aliphatic carbocycles. The van der Waals surface area contributed by atoms with Crippen molar-refractivity contribution in [2.24, 2.45) is 5.92 Å². The molecule has 8 heteroatoms. The van der Waals surface area contributed by atoms with Crippen LogP contribution in [0.1, 0.15) is 35.6 Å². The number of aromatic nitrogens is 2. The number of aryl methyl sites for hydroxylation is 2. The minimum atomic E-state index is -0.232. The molecule has 0 aliphatic rings. The van der Waals surface area contributed by atoms with Crippen molar-refractivity contribution < 1.29 is 19.1 Å². The van der Waals surface area contributed by atoms with Crippen LogP contribution in [0.4, 0.5) is 11.4 Å². The normalized spacial score (nSPS) is 10.9. The molecule has 0 radical (unpaired) electrons. The van der Waals surface area contributed by atoms with Crippen molar-refractivity contribution in [2.45, 2.75) is 26.7 Å². The van der Waals surface area contributed by atoms with Crippen molar-refractivity contribution in [1.82, 2.24) is 9.97 Å². The summed E-state index contributed by atoms with van der Waals surface area (Å²) in [5.74, 6) is 1.69. The van der Waals surface area contributed by atoms with Gasteiger partial charge in [-0.05, 0) is 54.4 Å². The molecule has 8 nitrogen and oxygen atoms in total. The van der Waals surface area contributed by atoms with E-state index >= 15 is 0 Å². The predicted octanol–water partition coefficient (Wildman–Crippen LogP) is 5.21. The van der Waals surface area contributed by atoms with Crippen LogP contribution in [0.25, 0.3) is 11.0 Å². The summed E-state index contributed by atoms with van der Waals surface area (Å²) in [4.78, 5) is 32.6. The fraction of sp³-hybridized carbons (Fsp3) is 0.250. The van der Waals surface area contributed by atoms with Crippen LogP contribution in [-0.2, 0) is 17.6 Å². The average Bonchev–Trinajstić information content (AvgIpc) is 3.30. The number of rotatable bonds is 9. The van der Waals surface area contributed by atoms with Crippen LogP contribution in [0.3, 0.4) is 0 Å². The van der Waals surface area contributed by atoms with Crippen LogP contribution < -0.4 is 20.1 Å². The van der Waals surface area contributed by atoms with Crippen molar-refractivity contribution in [3.8, 4) is 11.5 Å². The van der Waals surface area contributed by atoms with Gasteiger partial charge in [0.1, 0.15) is 5.82 Å². The number of imidazole rings is 1. The van der Waals surface area contributed by atoms with Crippen LogP contribution in [0.15, 0.2) is 60.7 Å². The second kappa shape index (κ2) is 10.9. The predicted molar refractivity (Wildman–Crippen MR) is 141 cm³/mol. The number of anilines is 2. The lowest BCUT2D eigenvalue weighted by atomic mass is 10.1. The van der Waals surface area contributed by atoms with Crippen LogP contribution in [0.5, 0.6) is 11.5 Å². The molecule has 0 atom stereocenters. The third-order valence-corrected chi connectivity index (χ3v) is 5.83. The summed E-state index contributed by atoms with van der Waals surface area (Å²) in [6, 6.07) is 18.5. The van der Waals surface area contributed by atoms with E-state index in [0.717, 1.165) is 41.0 Å². The average molecular weight is 487 g/mol. The molecule has 0 unspecified atom stereocenters. The summed E-state index contributed by atoms with van der Waals surface area (Å²) in [5.41, 5.74) is 4.67. The summed E-state index contributed by atoms with van der Waals surface area (Å²) in [6.07, 6.45) is 1.52. The Hall–Kier alpha value is -4.33. The first-order valence-corrected chi connectivity index (χ1v) is 11.8. The fourth-order valence-corrected chi connectivity index (χ4v) is 3.74. The minimum absolute atomic E-state index is 0.00167. The highest BCUT2D eigenvalue weighted by molar-refractivity contribution is 6.06. The van der Waals surface area contributed by atoms with Gasteiger partial charge in [-0.25, -0.2) is 4.98 Å². The first-order valence-electron chi connectivity index (χ1n) is 11.8. The highest BCUT2D eigenvalue weighted by Crippen LogP contribution is 2.30. The Morgan fingerprint density at radius 2 is 1.58 bits per heavy atom. The maximum atomic E-state index is 12.8. The molecule has 0 bridgehead atoms. The van der Waals surface area contributed by atoms with Gasteiger partial charge < -0.3 is 25.1 Å². The molecule has 1 aromatic heterocycles. The summed E-state index contributed by atoms with van der Waals surface area (Å²) >= 11 is 0. The van der Waals surface area contributed by atoms with Crippen molar-refractivity contribution in [1.29, 1.82) is 0 Å². The SMILES string of the molecule is COc1ccc(NC(=O)c2ccc3nc(CCc4ccc(NC(=O)C(C)C)cc4)[nH]c3c2)cc1OC. The molecule has 4 rings (SSSR count). The lowest BCUT2D eigenvalue weighted by Crippen LogP contribution is -2.17. The standard InChI is InChI=1S/C28H30N4O4/c1-17(2)27(33)29-20-9-5-18(6-10-20)7-14-26-31-22-12-8-19(15-23(22)32-26)28(34)30-21-11-13-24(35-3)25(16-21)36-4/h5-6,8-13,15-17H,7,14H2,1-4H3,(H,29,33)(H,30,34)(H,31,32). The number of nitrogens with zero attached hydrogens (tertiary/aromatic N) is 1. The molecule has 0 spiro atoms. The smallest absolute Gasteiger partial charge is 0.255 e. The maximum absolute atomic E-state index is 12.8. The number of amides is 2. The monoisotopic (exact) mass is 486 g/mol. The Morgan fingerprint density at radius 1 is 0.861 bits per heavy atom. The molecule has 0 fully saturated rings. The van der Waals surface area contributed by atoms with E-state index in [1.165, 1.54) is 0 Å². The zero-order chi connectivity index (χ0) is 25.7. The van der Waals surface area contributed by atoms with Crippen molar-refractivity contribution in [3.63, 3.8) is 0 Å². The number of ether oxygens (including phenoxy) is 2. The Balaban J connectivity index is 1.39. The molecule has 3 aromatic carbocycles. The van der Waals surface area contributed by atoms with Crippen LogP contribution in [-0.4, -0.2) is 36.0 Å². The third-order valence-electron chi connectivity index (χ3n) is 5.83. The van der Waals surface area contributed by atoms with Gasteiger partial charge in [0, 0.05) is 35.3 Å². The molecule has 4 aromatic rings. The van der Waals surface area contributed by atoms with E-state index in [-0.39, 0.29) is 17.7 Å². The van der Waals surface area contributed by atoms with Gasteiger partial charge in [0.2, 0.25) is 5.91 Å². The zero-order valence-electron chi connectivity index (χ0n) is 20.8. The van der Waals surface area contributed by atoms with Crippen molar-refractivity contribution >= 4 is 34.2 Å². The molecule has 2 amide bonds. The van der Waals surface area contributed by atoms with E-state index in [4.69, 9.17) is 9.47 Å². The van der Waals surface area contributed by atoms with E-state index in [0.29, 0.717) is 22.7 Å². The number of hydrogen-bond acceptors (Lipinski definition) is 5. The van der Waals surface area contributed by atoms with Gasteiger partial charge in [0.05, 0.1) is 25.3 Å². The molecular formula is C28H30N4O4. The van der Waals surface area contributed by atoms with E-state index < -0.39 is 0 Å². The zero-order valence-corrected chi connectivity index (χ0v) is 20.8. The highest BCUT2D eigenvalue weighted by Gasteiger charge is 2.12. The number of benzene rings is 3. The molecule has 186 valence electrons. The van der Waals surface area contributed by atoms with Crippen LogP contribution in [0.2, 0.25) is 0 Å².